The first-order valence-corrected chi connectivity index (χ1v) is 10.5. The maximum atomic E-state index is 14.7. The molecule has 2 atom stereocenters. The first-order chi connectivity index (χ1) is 14.9. The highest BCUT2D eigenvalue weighted by atomic mass is 19.1. The summed E-state index contributed by atoms with van der Waals surface area (Å²) in [5.74, 6) is 1.05. The highest BCUT2D eigenvalue weighted by molar-refractivity contribution is 5.94. The number of benzene rings is 1. The van der Waals surface area contributed by atoms with Crippen LogP contribution < -0.4 is 9.80 Å². The molecule has 0 amide bonds. The van der Waals surface area contributed by atoms with Crippen LogP contribution in [0.15, 0.2) is 28.8 Å². The Morgan fingerprint density at radius 1 is 1.10 bits per heavy atom. The molecule has 2 aromatic heterocycles. The number of hydrogen-bond acceptors (Lipinski definition) is 7. The number of aldehydes is 1. The standard InChI is InChI=1S/C23H24FN5O2/c1-13-8-14(2)26-23(25-13)28-7-6-16-10-29(20(16)11-28)19-5-4-18(24)22(17(19)12-30)21-9-15(3)27-31-21/h4-5,8-9,12,16,20H,6-7,10-11H2,1-3H3/t16-,20-/m1/s1. The van der Waals surface area contributed by atoms with Crippen molar-refractivity contribution >= 4 is 17.9 Å². The number of nitrogens with zero attached hydrogens (tertiary/aromatic N) is 5. The molecule has 2 fully saturated rings. The summed E-state index contributed by atoms with van der Waals surface area (Å²) in [5, 5.41) is 3.85. The number of aromatic nitrogens is 3. The van der Waals surface area contributed by atoms with E-state index in [0.717, 1.165) is 49.1 Å². The summed E-state index contributed by atoms with van der Waals surface area (Å²) in [6.07, 6.45) is 1.75. The molecule has 7 nitrogen and oxygen atoms in total. The minimum atomic E-state index is -0.493. The van der Waals surface area contributed by atoms with Crippen LogP contribution in [0.1, 0.15) is 33.9 Å². The molecule has 0 radical (unpaired) electrons. The minimum Gasteiger partial charge on any atom is -0.365 e. The highest BCUT2D eigenvalue weighted by Crippen LogP contribution is 2.41. The van der Waals surface area contributed by atoms with E-state index in [9.17, 15) is 9.18 Å². The number of piperidine rings is 1. The van der Waals surface area contributed by atoms with Crippen molar-refractivity contribution in [2.24, 2.45) is 5.92 Å². The molecule has 8 heteroatoms. The van der Waals surface area contributed by atoms with Crippen LogP contribution in [0.3, 0.4) is 0 Å². The summed E-state index contributed by atoms with van der Waals surface area (Å²) in [6, 6.07) is 6.91. The fraction of sp³-hybridized carbons (Fsp3) is 0.391. The predicted octanol–water partition coefficient (Wildman–Crippen LogP) is 3.72. The smallest absolute Gasteiger partial charge is 0.225 e. The van der Waals surface area contributed by atoms with E-state index >= 15 is 0 Å². The van der Waals surface area contributed by atoms with Crippen LogP contribution in [0.4, 0.5) is 16.0 Å². The van der Waals surface area contributed by atoms with Gasteiger partial charge in [0.05, 0.1) is 22.9 Å². The van der Waals surface area contributed by atoms with Crippen LogP contribution in [0.25, 0.3) is 11.3 Å². The molecule has 0 unspecified atom stereocenters. The van der Waals surface area contributed by atoms with E-state index < -0.39 is 5.82 Å². The molecular weight excluding hydrogens is 397 g/mol. The Bertz CT molecular complexity index is 1140. The van der Waals surface area contributed by atoms with E-state index in [-0.39, 0.29) is 17.4 Å². The van der Waals surface area contributed by atoms with Gasteiger partial charge in [0.15, 0.2) is 12.0 Å². The van der Waals surface area contributed by atoms with Gasteiger partial charge in [0.2, 0.25) is 5.95 Å². The summed E-state index contributed by atoms with van der Waals surface area (Å²) < 4.78 is 20.0. The van der Waals surface area contributed by atoms with Gasteiger partial charge in [0.25, 0.3) is 0 Å². The Balaban J connectivity index is 1.47. The Hall–Kier alpha value is -3.29. The van der Waals surface area contributed by atoms with Crippen LogP contribution in [0.2, 0.25) is 0 Å². The summed E-state index contributed by atoms with van der Waals surface area (Å²) in [6.45, 7) is 8.23. The number of carbonyl (C=O) groups excluding carboxylic acids is 1. The Morgan fingerprint density at radius 2 is 1.87 bits per heavy atom. The number of fused-ring (bicyclic) bond motifs is 1. The second kappa shape index (κ2) is 7.44. The fourth-order valence-electron chi connectivity index (χ4n) is 4.79. The lowest BCUT2D eigenvalue weighted by molar-refractivity contribution is 0.112. The zero-order valence-electron chi connectivity index (χ0n) is 17.8. The van der Waals surface area contributed by atoms with Crippen LogP contribution in [-0.4, -0.2) is 47.1 Å². The largest absolute Gasteiger partial charge is 0.365 e. The number of rotatable bonds is 4. The molecule has 0 aliphatic carbocycles. The lowest BCUT2D eigenvalue weighted by Crippen LogP contribution is -2.65. The molecule has 160 valence electrons. The molecule has 0 N–H and O–H groups in total. The van der Waals surface area contributed by atoms with Crippen molar-refractivity contribution in [2.45, 2.75) is 33.2 Å². The van der Waals surface area contributed by atoms with E-state index in [1.54, 1.807) is 19.1 Å². The Labute approximate surface area is 179 Å². The van der Waals surface area contributed by atoms with Crippen molar-refractivity contribution in [1.82, 2.24) is 15.1 Å². The third-order valence-corrected chi connectivity index (χ3v) is 6.28. The molecule has 31 heavy (non-hydrogen) atoms. The molecule has 2 aliphatic rings. The maximum absolute atomic E-state index is 14.7. The molecule has 0 saturated carbocycles. The van der Waals surface area contributed by atoms with Gasteiger partial charge in [-0.3, -0.25) is 4.79 Å². The lowest BCUT2D eigenvalue weighted by atomic mass is 9.81. The second-order valence-electron chi connectivity index (χ2n) is 8.47. The average Bonchev–Trinajstić information content (AvgIpc) is 3.14. The van der Waals surface area contributed by atoms with Crippen LogP contribution >= 0.6 is 0 Å². The zero-order valence-corrected chi connectivity index (χ0v) is 17.8. The van der Waals surface area contributed by atoms with Crippen molar-refractivity contribution in [3.8, 4) is 11.3 Å². The minimum absolute atomic E-state index is 0.168. The monoisotopic (exact) mass is 421 g/mol. The third-order valence-electron chi connectivity index (χ3n) is 6.28. The van der Waals surface area contributed by atoms with Crippen LogP contribution in [0.5, 0.6) is 0 Å². The van der Waals surface area contributed by atoms with Gasteiger partial charge >= 0.3 is 0 Å². The van der Waals surface area contributed by atoms with E-state index in [4.69, 9.17) is 4.52 Å². The van der Waals surface area contributed by atoms with E-state index in [1.807, 2.05) is 19.9 Å². The molecule has 2 aliphatic heterocycles. The molecule has 3 aromatic rings. The molecular formula is C23H24FN5O2. The van der Waals surface area contributed by atoms with Gasteiger partial charge in [-0.25, -0.2) is 14.4 Å². The molecule has 5 rings (SSSR count). The Morgan fingerprint density at radius 3 is 2.55 bits per heavy atom. The van der Waals surface area contributed by atoms with Crippen molar-refractivity contribution < 1.29 is 13.7 Å². The molecule has 2 saturated heterocycles. The summed E-state index contributed by atoms with van der Waals surface area (Å²) in [7, 11) is 0. The quantitative estimate of drug-likeness (QED) is 0.594. The van der Waals surface area contributed by atoms with Gasteiger partial charge in [-0.05, 0) is 45.4 Å². The zero-order chi connectivity index (χ0) is 21.7. The Kier molecular flexibility index (Phi) is 4.72. The number of anilines is 2. The van der Waals surface area contributed by atoms with Crippen molar-refractivity contribution in [3.05, 3.63) is 52.7 Å². The van der Waals surface area contributed by atoms with Crippen molar-refractivity contribution in [1.29, 1.82) is 0 Å². The van der Waals surface area contributed by atoms with E-state index in [2.05, 4.69) is 24.9 Å². The van der Waals surface area contributed by atoms with Crippen molar-refractivity contribution in [2.75, 3.05) is 29.4 Å². The molecule has 0 bridgehead atoms. The fourth-order valence-corrected chi connectivity index (χ4v) is 4.79. The number of aryl methyl sites for hydroxylation is 3. The van der Waals surface area contributed by atoms with Gasteiger partial charge in [-0.15, -0.1) is 0 Å². The van der Waals surface area contributed by atoms with Crippen molar-refractivity contribution in [3.63, 3.8) is 0 Å². The average molecular weight is 421 g/mol. The van der Waals surface area contributed by atoms with Gasteiger partial charge < -0.3 is 14.3 Å². The number of halogens is 1. The first kappa shape index (κ1) is 19.7. The van der Waals surface area contributed by atoms with Crippen LogP contribution in [-0.2, 0) is 0 Å². The summed E-state index contributed by atoms with van der Waals surface area (Å²) in [5.41, 5.74) is 3.73. The van der Waals surface area contributed by atoms with Gasteiger partial charge in [-0.1, -0.05) is 5.16 Å². The molecule has 0 spiro atoms. The van der Waals surface area contributed by atoms with E-state index in [0.29, 0.717) is 23.5 Å². The number of hydrogen-bond donors (Lipinski definition) is 0. The topological polar surface area (TPSA) is 75.4 Å². The lowest BCUT2D eigenvalue weighted by Gasteiger charge is -2.55. The second-order valence-corrected chi connectivity index (χ2v) is 8.47. The predicted molar refractivity (Wildman–Crippen MR) is 115 cm³/mol. The third kappa shape index (κ3) is 3.36. The first-order valence-electron chi connectivity index (χ1n) is 10.5. The summed E-state index contributed by atoms with van der Waals surface area (Å²) in [4.78, 5) is 25.7. The highest BCUT2D eigenvalue weighted by Gasteiger charge is 2.44. The maximum Gasteiger partial charge on any atom is 0.225 e. The molecule has 4 heterocycles. The SMILES string of the molecule is Cc1cc(-c2c(F)ccc(N3C[C@H]4CCN(c5nc(C)cc(C)n5)C[C@H]43)c2C=O)on1. The normalized spacial score (nSPS) is 20.4. The van der Waals surface area contributed by atoms with Crippen LogP contribution in [0, 0.1) is 32.5 Å². The van der Waals surface area contributed by atoms with Gasteiger partial charge in [0, 0.05) is 48.7 Å². The number of carbonyl (C=O) groups is 1. The van der Waals surface area contributed by atoms with Gasteiger partial charge in [-0.2, -0.15) is 0 Å². The summed E-state index contributed by atoms with van der Waals surface area (Å²) >= 11 is 0. The van der Waals surface area contributed by atoms with Gasteiger partial charge in [0.1, 0.15) is 5.82 Å². The van der Waals surface area contributed by atoms with E-state index in [1.165, 1.54) is 6.07 Å². The molecule has 1 aromatic carbocycles.